The maximum Gasteiger partial charge on any atom is 0.338 e. The number of benzene rings is 2. The van der Waals surface area contributed by atoms with Gasteiger partial charge in [0.25, 0.3) is 5.91 Å². The lowest BCUT2D eigenvalue weighted by Crippen LogP contribution is -2.50. The van der Waals surface area contributed by atoms with Gasteiger partial charge in [0.15, 0.2) is 0 Å². The van der Waals surface area contributed by atoms with E-state index in [1.54, 1.807) is 12.1 Å². The summed E-state index contributed by atoms with van der Waals surface area (Å²) in [5.41, 5.74) is 7.04. The maximum atomic E-state index is 16.6. The van der Waals surface area contributed by atoms with E-state index < -0.39 is 29.4 Å². The molecule has 1 aliphatic carbocycles. The Morgan fingerprint density at radius 1 is 1.15 bits per heavy atom. The van der Waals surface area contributed by atoms with Crippen molar-refractivity contribution in [2.45, 2.75) is 38.5 Å². The van der Waals surface area contributed by atoms with E-state index in [1.165, 1.54) is 42.5 Å². The van der Waals surface area contributed by atoms with Crippen LogP contribution in [0.15, 0.2) is 60.2 Å². The van der Waals surface area contributed by atoms with Gasteiger partial charge < -0.3 is 10.5 Å². The normalized spacial score (nSPS) is 19.4. The van der Waals surface area contributed by atoms with Crippen LogP contribution in [0.1, 0.15) is 58.0 Å². The van der Waals surface area contributed by atoms with E-state index in [4.69, 9.17) is 10.5 Å². The molecule has 176 valence electrons. The highest BCUT2D eigenvalue weighted by Crippen LogP contribution is 2.43. The number of rotatable bonds is 7. The number of nitrogens with two attached hydrogens (primary N) is 1. The van der Waals surface area contributed by atoms with Crippen molar-refractivity contribution in [2.75, 3.05) is 6.61 Å². The molecule has 0 saturated carbocycles. The first kappa shape index (κ1) is 23.4. The van der Waals surface area contributed by atoms with Crippen LogP contribution >= 0.6 is 0 Å². The quantitative estimate of drug-likeness (QED) is 0.374. The molecule has 6 nitrogen and oxygen atoms in total. The highest BCUT2D eigenvalue weighted by molar-refractivity contribution is 6.04. The number of allylic oxidation sites excluding steroid dienone is 2. The SMILES string of the molecule is CCCCOC(=O)c1ccc2c(c1)C(=O)N(C1(F)CC(c3ccc(F)cc3)=CC=C1C(N)=O)C2. The molecule has 0 radical (unpaired) electrons. The van der Waals surface area contributed by atoms with E-state index in [-0.39, 0.29) is 36.3 Å². The van der Waals surface area contributed by atoms with Crippen LogP contribution < -0.4 is 5.73 Å². The fourth-order valence-electron chi connectivity index (χ4n) is 4.20. The Hall–Kier alpha value is -3.81. The van der Waals surface area contributed by atoms with Crippen LogP contribution in [0.5, 0.6) is 0 Å². The second-order valence-corrected chi connectivity index (χ2v) is 8.33. The largest absolute Gasteiger partial charge is 0.462 e. The number of hydrogen-bond acceptors (Lipinski definition) is 4. The molecule has 1 aliphatic heterocycles. The van der Waals surface area contributed by atoms with Crippen LogP contribution in [0.3, 0.4) is 0 Å². The predicted octanol–water partition coefficient (Wildman–Crippen LogP) is 4.30. The molecule has 4 rings (SSSR count). The maximum absolute atomic E-state index is 16.6. The van der Waals surface area contributed by atoms with Crippen molar-refractivity contribution in [1.29, 1.82) is 0 Å². The molecule has 2 aromatic carbocycles. The predicted molar refractivity (Wildman–Crippen MR) is 122 cm³/mol. The van der Waals surface area contributed by atoms with Crippen LogP contribution in [-0.2, 0) is 16.1 Å². The Morgan fingerprint density at radius 2 is 1.88 bits per heavy atom. The van der Waals surface area contributed by atoms with Crippen LogP contribution in [0.25, 0.3) is 5.57 Å². The average molecular weight is 466 g/mol. The Morgan fingerprint density at radius 3 is 2.56 bits per heavy atom. The van der Waals surface area contributed by atoms with Gasteiger partial charge in [0.05, 0.1) is 24.3 Å². The molecule has 0 bridgehead atoms. The minimum atomic E-state index is -2.51. The smallest absolute Gasteiger partial charge is 0.338 e. The zero-order valence-corrected chi connectivity index (χ0v) is 18.6. The minimum absolute atomic E-state index is 0.100. The lowest BCUT2D eigenvalue weighted by atomic mass is 9.86. The zero-order chi connectivity index (χ0) is 24.5. The van der Waals surface area contributed by atoms with Gasteiger partial charge in [-0.25, -0.2) is 13.6 Å². The molecule has 0 saturated heterocycles. The summed E-state index contributed by atoms with van der Waals surface area (Å²) in [6.07, 6.45) is 4.06. The monoisotopic (exact) mass is 466 g/mol. The lowest BCUT2D eigenvalue weighted by Gasteiger charge is -2.38. The molecule has 2 aliphatic rings. The van der Waals surface area contributed by atoms with Gasteiger partial charge in [-0.15, -0.1) is 0 Å². The van der Waals surface area contributed by atoms with Crippen LogP contribution in [-0.4, -0.2) is 35.1 Å². The van der Waals surface area contributed by atoms with Crippen molar-refractivity contribution in [2.24, 2.45) is 5.73 Å². The van der Waals surface area contributed by atoms with E-state index in [2.05, 4.69) is 0 Å². The number of unbranched alkanes of at least 4 members (excludes halogenated alkanes) is 1. The van der Waals surface area contributed by atoms with Crippen molar-refractivity contribution in [1.82, 2.24) is 4.90 Å². The van der Waals surface area contributed by atoms with Gasteiger partial charge in [-0.3, -0.25) is 14.5 Å². The number of hydrogen-bond donors (Lipinski definition) is 1. The molecular weight excluding hydrogens is 442 g/mol. The second kappa shape index (κ2) is 9.21. The number of halogens is 2. The van der Waals surface area contributed by atoms with Gasteiger partial charge in [0.2, 0.25) is 11.7 Å². The molecule has 34 heavy (non-hydrogen) atoms. The Bertz CT molecular complexity index is 1220. The molecule has 1 unspecified atom stereocenters. The van der Waals surface area contributed by atoms with E-state index in [9.17, 15) is 18.8 Å². The number of carbonyl (C=O) groups excluding carboxylic acids is 3. The van der Waals surface area contributed by atoms with Gasteiger partial charge in [0, 0.05) is 12.0 Å². The Balaban J connectivity index is 1.64. The first-order valence-corrected chi connectivity index (χ1v) is 11.0. The van der Waals surface area contributed by atoms with E-state index in [1.807, 2.05) is 6.92 Å². The third-order valence-corrected chi connectivity index (χ3v) is 6.08. The fourth-order valence-corrected chi connectivity index (χ4v) is 4.20. The molecule has 0 aromatic heterocycles. The molecule has 0 fully saturated rings. The third-order valence-electron chi connectivity index (χ3n) is 6.08. The topological polar surface area (TPSA) is 89.7 Å². The van der Waals surface area contributed by atoms with Crippen molar-refractivity contribution < 1.29 is 27.9 Å². The van der Waals surface area contributed by atoms with Crippen LogP contribution in [0.4, 0.5) is 8.78 Å². The number of alkyl halides is 1. The first-order chi connectivity index (χ1) is 16.2. The minimum Gasteiger partial charge on any atom is -0.462 e. The van der Waals surface area contributed by atoms with Crippen molar-refractivity contribution in [3.8, 4) is 0 Å². The number of esters is 1. The summed E-state index contributed by atoms with van der Waals surface area (Å²) in [4.78, 5) is 38.6. The zero-order valence-electron chi connectivity index (χ0n) is 18.6. The van der Waals surface area contributed by atoms with E-state index in [0.717, 1.165) is 17.7 Å². The van der Waals surface area contributed by atoms with Crippen molar-refractivity contribution in [3.63, 3.8) is 0 Å². The van der Waals surface area contributed by atoms with Gasteiger partial charge in [-0.05, 0) is 53.5 Å². The number of amides is 2. The number of nitrogens with zero attached hydrogens (tertiary/aromatic N) is 1. The number of primary amides is 1. The summed E-state index contributed by atoms with van der Waals surface area (Å²) >= 11 is 0. The highest BCUT2D eigenvalue weighted by Gasteiger charge is 2.50. The molecule has 2 amide bonds. The average Bonchev–Trinajstić information content (AvgIpc) is 3.16. The van der Waals surface area contributed by atoms with Gasteiger partial charge >= 0.3 is 5.97 Å². The van der Waals surface area contributed by atoms with Crippen molar-refractivity contribution >= 4 is 23.4 Å². The third kappa shape index (κ3) is 4.23. The lowest BCUT2D eigenvalue weighted by molar-refractivity contribution is -0.117. The summed E-state index contributed by atoms with van der Waals surface area (Å²) in [7, 11) is 0. The first-order valence-electron chi connectivity index (χ1n) is 11.0. The van der Waals surface area contributed by atoms with Gasteiger partial charge in [-0.2, -0.15) is 0 Å². The number of ether oxygens (including phenoxy) is 1. The summed E-state index contributed by atoms with van der Waals surface area (Å²) < 4.78 is 35.2. The molecule has 0 spiro atoms. The summed E-state index contributed by atoms with van der Waals surface area (Å²) in [5, 5.41) is 0. The molecule has 1 atom stereocenters. The second-order valence-electron chi connectivity index (χ2n) is 8.33. The van der Waals surface area contributed by atoms with Gasteiger partial charge in [-0.1, -0.05) is 37.6 Å². The molecule has 2 N–H and O–H groups in total. The van der Waals surface area contributed by atoms with Crippen LogP contribution in [0, 0.1) is 5.82 Å². The fraction of sp³-hybridized carbons (Fsp3) is 0.269. The Kier molecular flexibility index (Phi) is 6.32. The number of carbonyl (C=O) groups is 3. The standard InChI is InChI=1S/C26H24F2N2O4/c1-2-3-12-34-25(33)17-4-5-19-15-30(24(32)21(19)13-17)26(28)14-18(8-11-22(26)23(29)31)16-6-9-20(27)10-7-16/h4-11,13H,2-3,12,14-15H2,1H3,(H2,29,31). The van der Waals surface area contributed by atoms with E-state index >= 15 is 4.39 Å². The van der Waals surface area contributed by atoms with Crippen molar-refractivity contribution in [3.05, 3.63) is 88.3 Å². The molecule has 1 heterocycles. The molecule has 8 heteroatoms. The van der Waals surface area contributed by atoms with Gasteiger partial charge in [0.1, 0.15) is 5.82 Å². The summed E-state index contributed by atoms with van der Waals surface area (Å²) in [5.74, 6) is -5.15. The molecular formula is C26H24F2N2O4. The number of fused-ring (bicyclic) bond motifs is 1. The van der Waals surface area contributed by atoms with Crippen LogP contribution in [0.2, 0.25) is 0 Å². The Labute approximate surface area is 195 Å². The van der Waals surface area contributed by atoms with E-state index in [0.29, 0.717) is 16.7 Å². The molecule has 2 aromatic rings. The summed E-state index contributed by atoms with van der Waals surface area (Å²) in [6.45, 7) is 2.14. The highest BCUT2D eigenvalue weighted by atomic mass is 19.1. The summed E-state index contributed by atoms with van der Waals surface area (Å²) in [6, 6.07) is 10.0.